The van der Waals surface area contributed by atoms with Crippen molar-refractivity contribution in [2.24, 2.45) is 0 Å². The van der Waals surface area contributed by atoms with Crippen molar-refractivity contribution >= 4 is 70.4 Å². The Labute approximate surface area is 335 Å². The summed E-state index contributed by atoms with van der Waals surface area (Å²) in [6, 6.07) is 79.3. The molecule has 0 saturated carbocycles. The molecule has 11 aromatic rings. The second-order valence-electron chi connectivity index (χ2n) is 14.5. The summed E-state index contributed by atoms with van der Waals surface area (Å²) >= 11 is 1.85. The quantitative estimate of drug-likeness (QED) is 0.158. The van der Waals surface area contributed by atoms with Crippen LogP contribution in [0.3, 0.4) is 0 Å². The van der Waals surface area contributed by atoms with Crippen molar-refractivity contribution in [2.75, 3.05) is 4.90 Å². The third-order valence-corrected chi connectivity index (χ3v) is 12.4. The van der Waals surface area contributed by atoms with Gasteiger partial charge in [-0.1, -0.05) is 158 Å². The van der Waals surface area contributed by atoms with Gasteiger partial charge in [-0.15, -0.1) is 11.3 Å². The number of benzene rings is 9. The first-order valence-electron chi connectivity index (χ1n) is 19.4. The summed E-state index contributed by atoms with van der Waals surface area (Å²) in [5, 5.41) is 5.12. The van der Waals surface area contributed by atoms with Gasteiger partial charge in [-0.25, -0.2) is 0 Å². The first-order valence-corrected chi connectivity index (χ1v) is 20.2. The number of para-hydroxylation sites is 4. The Kier molecular flexibility index (Phi) is 8.04. The van der Waals surface area contributed by atoms with Gasteiger partial charge in [0, 0.05) is 53.4 Å². The molecule has 268 valence electrons. The molecular formula is C54H36N2S. The molecule has 2 nitrogen and oxygen atoms in total. The molecule has 0 unspecified atom stereocenters. The Morgan fingerprint density at radius 3 is 1.58 bits per heavy atom. The molecule has 0 aliphatic carbocycles. The lowest BCUT2D eigenvalue weighted by molar-refractivity contribution is 1.18. The third-order valence-electron chi connectivity index (χ3n) is 11.2. The Morgan fingerprint density at radius 1 is 0.333 bits per heavy atom. The van der Waals surface area contributed by atoms with Crippen LogP contribution in [-0.4, -0.2) is 4.57 Å². The molecular weight excluding hydrogens is 709 g/mol. The highest BCUT2D eigenvalue weighted by Crippen LogP contribution is 2.44. The van der Waals surface area contributed by atoms with E-state index in [-0.39, 0.29) is 0 Å². The minimum absolute atomic E-state index is 1.11. The molecule has 0 saturated heterocycles. The maximum atomic E-state index is 2.41. The largest absolute Gasteiger partial charge is 0.310 e. The van der Waals surface area contributed by atoms with Gasteiger partial charge in [0.2, 0.25) is 0 Å². The van der Waals surface area contributed by atoms with Crippen molar-refractivity contribution in [1.29, 1.82) is 0 Å². The number of aromatic nitrogens is 1. The summed E-state index contributed by atoms with van der Waals surface area (Å²) in [5.74, 6) is 0. The van der Waals surface area contributed by atoms with Gasteiger partial charge < -0.3 is 9.47 Å². The molecule has 0 aliphatic heterocycles. The molecule has 0 spiro atoms. The van der Waals surface area contributed by atoms with Gasteiger partial charge >= 0.3 is 0 Å². The lowest BCUT2D eigenvalue weighted by Crippen LogP contribution is -2.11. The number of fused-ring (bicyclic) bond motifs is 6. The van der Waals surface area contributed by atoms with E-state index in [0.29, 0.717) is 0 Å². The summed E-state index contributed by atoms with van der Waals surface area (Å²) in [4.78, 5) is 2.41. The highest BCUT2D eigenvalue weighted by molar-refractivity contribution is 7.25. The molecule has 9 aromatic carbocycles. The smallest absolute Gasteiger partial charge is 0.0541 e. The van der Waals surface area contributed by atoms with Crippen LogP contribution in [0.15, 0.2) is 218 Å². The lowest BCUT2D eigenvalue weighted by Gasteiger charge is -2.28. The van der Waals surface area contributed by atoms with Crippen molar-refractivity contribution in [1.82, 2.24) is 4.57 Å². The maximum absolute atomic E-state index is 2.41. The van der Waals surface area contributed by atoms with E-state index in [0.717, 1.165) is 17.1 Å². The molecule has 0 amide bonds. The van der Waals surface area contributed by atoms with E-state index in [1.807, 2.05) is 11.3 Å². The van der Waals surface area contributed by atoms with Gasteiger partial charge in [0.25, 0.3) is 0 Å². The number of thiophene rings is 1. The summed E-state index contributed by atoms with van der Waals surface area (Å²) < 4.78 is 5.02. The van der Waals surface area contributed by atoms with E-state index in [1.54, 1.807) is 0 Å². The first kappa shape index (κ1) is 33.2. The van der Waals surface area contributed by atoms with Gasteiger partial charge in [0.05, 0.1) is 22.4 Å². The number of hydrogen-bond acceptors (Lipinski definition) is 2. The van der Waals surface area contributed by atoms with Crippen molar-refractivity contribution in [3.05, 3.63) is 218 Å². The fourth-order valence-corrected chi connectivity index (χ4v) is 9.64. The van der Waals surface area contributed by atoms with E-state index >= 15 is 0 Å². The average Bonchev–Trinajstić information content (AvgIpc) is 3.83. The zero-order valence-corrected chi connectivity index (χ0v) is 31.9. The van der Waals surface area contributed by atoms with E-state index < -0.39 is 0 Å². The first-order chi connectivity index (χ1) is 28.3. The van der Waals surface area contributed by atoms with Crippen molar-refractivity contribution in [3.63, 3.8) is 0 Å². The topological polar surface area (TPSA) is 8.17 Å². The van der Waals surface area contributed by atoms with Crippen LogP contribution >= 0.6 is 11.3 Å². The number of rotatable bonds is 7. The van der Waals surface area contributed by atoms with Gasteiger partial charge in [-0.2, -0.15) is 0 Å². The number of hydrogen-bond donors (Lipinski definition) is 0. The molecule has 0 fully saturated rings. The third kappa shape index (κ3) is 5.71. The van der Waals surface area contributed by atoms with Gasteiger partial charge in [0.15, 0.2) is 0 Å². The molecule has 0 aliphatic rings. The Morgan fingerprint density at radius 2 is 0.842 bits per heavy atom. The van der Waals surface area contributed by atoms with Crippen molar-refractivity contribution < 1.29 is 0 Å². The number of anilines is 3. The standard InChI is InChI=1S/C54H36N2S/c1-2-14-39(15-3-1)43-16-4-9-21-49(43)55(42-34-35-54-48(36-42)47-20-8-13-25-53(47)57-54)41-32-30-38(31-33-41)37-26-28-40(29-27-37)44-17-5-10-22-50(44)56-51-23-11-6-18-45(51)46-19-7-12-24-52(46)56/h1-36H. The van der Waals surface area contributed by atoms with E-state index in [1.165, 1.54) is 81.0 Å². The van der Waals surface area contributed by atoms with Gasteiger partial charge in [0.1, 0.15) is 0 Å². The molecule has 11 rings (SSSR count). The molecule has 2 aromatic heterocycles. The molecule has 57 heavy (non-hydrogen) atoms. The fraction of sp³-hybridized carbons (Fsp3) is 0. The predicted molar refractivity (Wildman–Crippen MR) is 245 cm³/mol. The van der Waals surface area contributed by atoms with Crippen LogP contribution in [0.4, 0.5) is 17.1 Å². The number of nitrogens with zero attached hydrogens (tertiary/aromatic N) is 2. The predicted octanol–water partition coefficient (Wildman–Crippen LogP) is 15.6. The second-order valence-corrected chi connectivity index (χ2v) is 15.6. The fourth-order valence-electron chi connectivity index (χ4n) is 8.55. The molecule has 0 atom stereocenters. The minimum atomic E-state index is 1.11. The summed E-state index contributed by atoms with van der Waals surface area (Å²) in [6.07, 6.45) is 0. The van der Waals surface area contributed by atoms with Crippen molar-refractivity contribution in [3.8, 4) is 39.1 Å². The SMILES string of the molecule is c1ccc(-c2ccccc2N(c2ccc(-c3ccc(-c4ccccc4-n4c5ccccc5c5ccccc54)cc3)cc2)c2ccc3sc4ccccc4c3c2)cc1. The highest BCUT2D eigenvalue weighted by atomic mass is 32.1. The van der Waals surface area contributed by atoms with Gasteiger partial charge in [-0.3, -0.25) is 0 Å². The Bertz CT molecular complexity index is 3170. The van der Waals surface area contributed by atoms with Crippen LogP contribution in [0, 0.1) is 0 Å². The van der Waals surface area contributed by atoms with Crippen LogP contribution in [0.25, 0.3) is 81.0 Å². The maximum Gasteiger partial charge on any atom is 0.0541 e. The van der Waals surface area contributed by atoms with E-state index in [4.69, 9.17) is 0 Å². The normalized spacial score (nSPS) is 11.5. The zero-order chi connectivity index (χ0) is 37.7. The molecule has 0 N–H and O–H groups in total. The van der Waals surface area contributed by atoms with E-state index in [2.05, 4.69) is 228 Å². The van der Waals surface area contributed by atoms with Crippen LogP contribution in [-0.2, 0) is 0 Å². The Balaban J connectivity index is 0.981. The summed E-state index contributed by atoms with van der Waals surface area (Å²) in [6.45, 7) is 0. The molecule has 2 heterocycles. The van der Waals surface area contributed by atoms with Crippen LogP contribution in [0.2, 0.25) is 0 Å². The monoisotopic (exact) mass is 744 g/mol. The van der Waals surface area contributed by atoms with Crippen LogP contribution in [0.5, 0.6) is 0 Å². The van der Waals surface area contributed by atoms with Crippen LogP contribution < -0.4 is 4.90 Å². The zero-order valence-electron chi connectivity index (χ0n) is 31.1. The Hall–Kier alpha value is -7.20. The summed E-state index contributed by atoms with van der Waals surface area (Å²) in [5.41, 5.74) is 14.1. The molecule has 3 heteroatoms. The van der Waals surface area contributed by atoms with Crippen molar-refractivity contribution in [2.45, 2.75) is 0 Å². The van der Waals surface area contributed by atoms with Crippen LogP contribution in [0.1, 0.15) is 0 Å². The molecule has 0 bridgehead atoms. The average molecular weight is 745 g/mol. The van der Waals surface area contributed by atoms with Gasteiger partial charge in [-0.05, 0) is 82.9 Å². The second kappa shape index (κ2) is 13.8. The minimum Gasteiger partial charge on any atom is -0.310 e. The lowest BCUT2D eigenvalue weighted by atomic mass is 9.98. The van der Waals surface area contributed by atoms with E-state index in [9.17, 15) is 0 Å². The molecule has 0 radical (unpaired) electrons. The summed E-state index contributed by atoms with van der Waals surface area (Å²) in [7, 11) is 0. The highest BCUT2D eigenvalue weighted by Gasteiger charge is 2.19.